The van der Waals surface area contributed by atoms with E-state index in [1.54, 1.807) is 13.1 Å². The molecule has 2 amide bonds. The lowest BCUT2D eigenvalue weighted by Crippen LogP contribution is -2.34. The smallest absolute Gasteiger partial charge is 0.274 e. The summed E-state index contributed by atoms with van der Waals surface area (Å²) >= 11 is 0. The first-order valence-corrected chi connectivity index (χ1v) is 9.93. The molecule has 3 rings (SSSR count). The predicted molar refractivity (Wildman–Crippen MR) is 111 cm³/mol. The first-order valence-electron chi connectivity index (χ1n) is 9.93. The van der Waals surface area contributed by atoms with Gasteiger partial charge in [-0.2, -0.15) is 0 Å². The van der Waals surface area contributed by atoms with Gasteiger partial charge in [-0.25, -0.2) is 0 Å². The molecular formula is C22H27N3O4. The molecule has 0 spiro atoms. The topological polar surface area (TPSA) is 80.6 Å². The van der Waals surface area contributed by atoms with Crippen LogP contribution in [0.25, 0.3) is 0 Å². The highest BCUT2D eigenvalue weighted by Crippen LogP contribution is 2.15. The summed E-state index contributed by atoms with van der Waals surface area (Å²) in [7, 11) is 1.57. The van der Waals surface area contributed by atoms with Crippen LogP contribution < -0.4 is 15.6 Å². The van der Waals surface area contributed by atoms with Crippen LogP contribution in [0.2, 0.25) is 0 Å². The third kappa shape index (κ3) is 5.47. The number of hydrogen-bond donors (Lipinski definition) is 1. The largest absolute Gasteiger partial charge is 0.484 e. The van der Waals surface area contributed by atoms with E-state index >= 15 is 0 Å². The van der Waals surface area contributed by atoms with Gasteiger partial charge in [0.1, 0.15) is 11.4 Å². The molecule has 1 aromatic heterocycles. The molecule has 0 bridgehead atoms. The number of pyridine rings is 1. The Hall–Kier alpha value is -3.09. The van der Waals surface area contributed by atoms with E-state index in [1.165, 1.54) is 16.8 Å². The SMILES string of the molecule is Cc1cccc(OCC(=O)Nc2cc(C(=O)N3CCCCCC3)cn(C)c2=O)c1. The number of ether oxygens (including phenoxy) is 1. The molecule has 29 heavy (non-hydrogen) atoms. The van der Waals surface area contributed by atoms with Gasteiger partial charge in [0.15, 0.2) is 6.61 Å². The quantitative estimate of drug-likeness (QED) is 0.841. The standard InChI is InChI=1S/C22H27N3O4/c1-16-8-7-9-18(12-16)29-15-20(26)23-19-13-17(14-24(2)22(19)28)21(27)25-10-5-3-4-6-11-25/h7-9,12-14H,3-6,10-11,15H2,1-2H3,(H,23,26). The molecule has 1 aromatic carbocycles. The molecule has 7 nitrogen and oxygen atoms in total. The molecule has 1 fully saturated rings. The van der Waals surface area contributed by atoms with Crippen LogP contribution in [0.5, 0.6) is 5.75 Å². The van der Waals surface area contributed by atoms with Crippen LogP contribution in [-0.4, -0.2) is 41.0 Å². The Balaban J connectivity index is 1.70. The number of likely N-dealkylation sites (tertiary alicyclic amines) is 1. The van der Waals surface area contributed by atoms with Gasteiger partial charge in [-0.1, -0.05) is 25.0 Å². The fourth-order valence-electron chi connectivity index (χ4n) is 3.41. The fraction of sp³-hybridized carbons (Fsp3) is 0.409. The molecule has 0 unspecified atom stereocenters. The monoisotopic (exact) mass is 397 g/mol. The summed E-state index contributed by atoms with van der Waals surface area (Å²) < 4.78 is 6.80. The van der Waals surface area contributed by atoms with Crippen molar-refractivity contribution in [2.45, 2.75) is 32.6 Å². The van der Waals surface area contributed by atoms with Crippen molar-refractivity contribution in [2.24, 2.45) is 7.05 Å². The Morgan fingerprint density at radius 1 is 1.10 bits per heavy atom. The molecule has 154 valence electrons. The molecule has 2 aromatic rings. The second-order valence-corrected chi connectivity index (χ2v) is 7.42. The Labute approximate surface area is 170 Å². The van der Waals surface area contributed by atoms with Crippen molar-refractivity contribution >= 4 is 17.5 Å². The van der Waals surface area contributed by atoms with Crippen LogP contribution in [0.15, 0.2) is 41.3 Å². The summed E-state index contributed by atoms with van der Waals surface area (Å²) in [6, 6.07) is 8.83. The van der Waals surface area contributed by atoms with Gasteiger partial charge in [0.2, 0.25) is 0 Å². The predicted octanol–water partition coefficient (Wildman–Crippen LogP) is 2.73. The lowest BCUT2D eigenvalue weighted by atomic mass is 10.2. The summed E-state index contributed by atoms with van der Waals surface area (Å²) in [5.74, 6) is 0.00938. The van der Waals surface area contributed by atoms with Gasteiger partial charge in [0, 0.05) is 26.3 Å². The lowest BCUT2D eigenvalue weighted by Gasteiger charge is -2.21. The normalized spacial score (nSPS) is 14.2. The molecule has 1 saturated heterocycles. The second-order valence-electron chi connectivity index (χ2n) is 7.42. The van der Waals surface area contributed by atoms with Gasteiger partial charge >= 0.3 is 0 Å². The van der Waals surface area contributed by atoms with Crippen molar-refractivity contribution in [1.82, 2.24) is 9.47 Å². The van der Waals surface area contributed by atoms with E-state index in [0.29, 0.717) is 24.4 Å². The molecule has 1 N–H and O–H groups in total. The number of aromatic nitrogens is 1. The number of benzene rings is 1. The van der Waals surface area contributed by atoms with Crippen LogP contribution in [0.3, 0.4) is 0 Å². The van der Waals surface area contributed by atoms with Crippen LogP contribution in [-0.2, 0) is 11.8 Å². The van der Waals surface area contributed by atoms with Gasteiger partial charge < -0.3 is 19.5 Å². The molecule has 0 aliphatic carbocycles. The van der Waals surface area contributed by atoms with Crippen molar-refractivity contribution in [1.29, 1.82) is 0 Å². The summed E-state index contributed by atoms with van der Waals surface area (Å²) in [6.45, 7) is 3.14. The Morgan fingerprint density at radius 3 is 2.52 bits per heavy atom. The minimum Gasteiger partial charge on any atom is -0.484 e. The third-order valence-corrected chi connectivity index (χ3v) is 4.96. The van der Waals surface area contributed by atoms with Gasteiger partial charge in [-0.3, -0.25) is 14.4 Å². The summed E-state index contributed by atoms with van der Waals surface area (Å²) in [5, 5.41) is 2.58. The van der Waals surface area contributed by atoms with E-state index in [2.05, 4.69) is 5.32 Å². The number of hydrogen-bond acceptors (Lipinski definition) is 4. The van der Waals surface area contributed by atoms with Crippen molar-refractivity contribution < 1.29 is 14.3 Å². The Kier molecular flexibility index (Phi) is 6.69. The number of carbonyl (C=O) groups is 2. The second kappa shape index (κ2) is 9.41. The van der Waals surface area contributed by atoms with Crippen molar-refractivity contribution in [2.75, 3.05) is 25.0 Å². The van der Waals surface area contributed by atoms with E-state index in [0.717, 1.165) is 31.2 Å². The van der Waals surface area contributed by atoms with Crippen molar-refractivity contribution in [3.05, 3.63) is 58.0 Å². The van der Waals surface area contributed by atoms with E-state index in [1.807, 2.05) is 30.0 Å². The van der Waals surface area contributed by atoms with Gasteiger partial charge in [-0.05, 0) is 43.5 Å². The van der Waals surface area contributed by atoms with Gasteiger partial charge in [-0.15, -0.1) is 0 Å². The average molecular weight is 397 g/mol. The number of anilines is 1. The number of nitrogens with zero attached hydrogens (tertiary/aromatic N) is 2. The highest BCUT2D eigenvalue weighted by molar-refractivity contribution is 5.97. The van der Waals surface area contributed by atoms with E-state index in [-0.39, 0.29) is 23.8 Å². The van der Waals surface area contributed by atoms with E-state index < -0.39 is 5.91 Å². The molecule has 2 heterocycles. The van der Waals surface area contributed by atoms with Crippen LogP contribution in [0, 0.1) is 6.92 Å². The lowest BCUT2D eigenvalue weighted by molar-refractivity contribution is -0.118. The number of carbonyl (C=O) groups excluding carboxylic acids is 2. The van der Waals surface area contributed by atoms with Crippen molar-refractivity contribution in [3.8, 4) is 5.75 Å². The zero-order chi connectivity index (χ0) is 20.8. The Morgan fingerprint density at radius 2 is 1.83 bits per heavy atom. The molecule has 1 aliphatic rings. The maximum Gasteiger partial charge on any atom is 0.274 e. The summed E-state index contributed by atoms with van der Waals surface area (Å²) in [5.41, 5.74) is 1.12. The van der Waals surface area contributed by atoms with Gasteiger partial charge in [0.25, 0.3) is 17.4 Å². The summed E-state index contributed by atoms with van der Waals surface area (Å²) in [6.07, 6.45) is 5.74. The highest BCUT2D eigenvalue weighted by atomic mass is 16.5. The van der Waals surface area contributed by atoms with Crippen LogP contribution in [0.4, 0.5) is 5.69 Å². The van der Waals surface area contributed by atoms with Crippen molar-refractivity contribution in [3.63, 3.8) is 0 Å². The van der Waals surface area contributed by atoms with E-state index in [4.69, 9.17) is 4.74 Å². The zero-order valence-corrected chi connectivity index (χ0v) is 16.9. The average Bonchev–Trinajstić information content (AvgIpc) is 2.99. The van der Waals surface area contributed by atoms with Gasteiger partial charge in [0.05, 0.1) is 5.56 Å². The van der Waals surface area contributed by atoms with E-state index in [9.17, 15) is 14.4 Å². The number of nitrogens with one attached hydrogen (secondary N) is 1. The molecule has 0 saturated carbocycles. The number of amides is 2. The maximum atomic E-state index is 12.9. The first-order chi connectivity index (χ1) is 13.9. The third-order valence-electron chi connectivity index (χ3n) is 4.96. The fourth-order valence-corrected chi connectivity index (χ4v) is 3.41. The Bertz CT molecular complexity index is 943. The minimum atomic E-state index is -0.456. The number of aryl methyl sites for hydroxylation is 2. The molecule has 0 radical (unpaired) electrons. The summed E-state index contributed by atoms with van der Waals surface area (Å²) in [4.78, 5) is 39.4. The molecule has 1 aliphatic heterocycles. The highest BCUT2D eigenvalue weighted by Gasteiger charge is 2.20. The minimum absolute atomic E-state index is 0.0750. The maximum absolute atomic E-state index is 12.9. The number of rotatable bonds is 5. The zero-order valence-electron chi connectivity index (χ0n) is 16.9. The first kappa shape index (κ1) is 20.6. The van der Waals surface area contributed by atoms with Crippen LogP contribution >= 0.6 is 0 Å². The molecule has 0 atom stereocenters. The molecular weight excluding hydrogens is 370 g/mol. The molecule has 7 heteroatoms. The van der Waals surface area contributed by atoms with Crippen LogP contribution in [0.1, 0.15) is 41.6 Å².